The van der Waals surface area contributed by atoms with Crippen LogP contribution in [0, 0.1) is 0 Å². The predicted molar refractivity (Wildman–Crippen MR) is 95.7 cm³/mol. The molecule has 0 spiro atoms. The van der Waals surface area contributed by atoms with Crippen molar-refractivity contribution in [3.05, 3.63) is 18.6 Å². The van der Waals surface area contributed by atoms with E-state index in [1.165, 1.54) is 6.33 Å². The Morgan fingerprint density at radius 3 is 2.97 bits per heavy atom. The summed E-state index contributed by atoms with van der Waals surface area (Å²) in [6.07, 6.45) is 0.512. The van der Waals surface area contributed by atoms with Gasteiger partial charge in [0.25, 0.3) is 0 Å². The second-order valence-electron chi connectivity index (χ2n) is 7.08. The molecular formula is C16H19N4O8P. The Morgan fingerprint density at radius 2 is 2.17 bits per heavy atom. The molecule has 2 aromatic heterocycles. The largest absolute Gasteiger partial charge is 0.509 e. The number of hydrogen-bond acceptors (Lipinski definition) is 11. The first-order valence-electron chi connectivity index (χ1n) is 9.05. The molecule has 5 heterocycles. The summed E-state index contributed by atoms with van der Waals surface area (Å²) in [5.74, 6) is 0.317. The summed E-state index contributed by atoms with van der Waals surface area (Å²) in [4.78, 5) is 20.1. The molecule has 5 rings (SSSR count). The molecule has 3 aliphatic heterocycles. The molecule has 0 aromatic carbocycles. The fraction of sp³-hybridized carbons (Fsp3) is 0.562. The highest BCUT2D eigenvalue weighted by Gasteiger charge is 2.64. The van der Waals surface area contributed by atoms with Crippen molar-refractivity contribution in [3.63, 3.8) is 0 Å². The van der Waals surface area contributed by atoms with Gasteiger partial charge in [0, 0.05) is 6.20 Å². The van der Waals surface area contributed by atoms with Gasteiger partial charge in [-0.3, -0.25) is 13.6 Å². The van der Waals surface area contributed by atoms with Crippen molar-refractivity contribution in [1.29, 1.82) is 0 Å². The van der Waals surface area contributed by atoms with Crippen LogP contribution in [-0.4, -0.2) is 58.3 Å². The summed E-state index contributed by atoms with van der Waals surface area (Å²) in [5.41, 5.74) is 5.25. The number of nitrogens with two attached hydrogens (primary N) is 1. The van der Waals surface area contributed by atoms with E-state index < -0.39 is 38.0 Å². The number of carbonyl (C=O) groups excluding carboxylic acids is 1. The molecule has 3 saturated heterocycles. The molecule has 0 aliphatic carbocycles. The number of phosphoric acid groups is 1. The minimum Gasteiger partial charge on any atom is -0.424 e. The van der Waals surface area contributed by atoms with E-state index in [1.807, 2.05) is 0 Å². The van der Waals surface area contributed by atoms with Crippen molar-refractivity contribution in [2.45, 2.75) is 37.4 Å². The second-order valence-corrected chi connectivity index (χ2v) is 8.75. The van der Waals surface area contributed by atoms with Gasteiger partial charge in [0.05, 0.1) is 25.2 Å². The van der Waals surface area contributed by atoms with Crippen LogP contribution in [0.25, 0.3) is 11.0 Å². The van der Waals surface area contributed by atoms with E-state index in [0.717, 1.165) is 0 Å². The van der Waals surface area contributed by atoms with Gasteiger partial charge in [0.15, 0.2) is 17.9 Å². The standard InChI is InChI=1S/C16H19N4O8P/c1-16-11(27-15(21)28-16)10(7-25-29(22)23-5-2-6-24-29)26-14(16)20-4-3-9-12(17)18-8-19-13(9)20/h3-4,8,10-11,14H,2,5-7H2,1H3,(H2,17,18,19)/t10-,11-,14-,16-/m1/s1. The third kappa shape index (κ3) is 2.99. The summed E-state index contributed by atoms with van der Waals surface area (Å²) in [6.45, 7) is 2.07. The monoisotopic (exact) mass is 426 g/mol. The lowest BCUT2D eigenvalue weighted by Crippen LogP contribution is -2.42. The number of carbonyl (C=O) groups is 1. The Labute approximate surface area is 164 Å². The summed E-state index contributed by atoms with van der Waals surface area (Å²) < 4.78 is 46.7. The van der Waals surface area contributed by atoms with Crippen LogP contribution < -0.4 is 5.73 Å². The Balaban J connectivity index is 1.44. The van der Waals surface area contributed by atoms with Crippen LogP contribution in [0.2, 0.25) is 0 Å². The number of nitrogen functional groups attached to an aromatic ring is 1. The van der Waals surface area contributed by atoms with Gasteiger partial charge in [0.2, 0.25) is 0 Å². The number of anilines is 1. The van der Waals surface area contributed by atoms with Gasteiger partial charge in [-0.25, -0.2) is 19.3 Å². The van der Waals surface area contributed by atoms with Crippen molar-refractivity contribution >= 4 is 30.8 Å². The van der Waals surface area contributed by atoms with Crippen molar-refractivity contribution < 1.29 is 37.1 Å². The fourth-order valence-electron chi connectivity index (χ4n) is 3.83. The number of fused-ring (bicyclic) bond motifs is 2. The molecule has 2 N–H and O–H groups in total. The smallest absolute Gasteiger partial charge is 0.424 e. The van der Waals surface area contributed by atoms with Crippen molar-refractivity contribution in [3.8, 4) is 0 Å². The first-order chi connectivity index (χ1) is 13.9. The molecule has 29 heavy (non-hydrogen) atoms. The van der Waals surface area contributed by atoms with Crippen LogP contribution in [0.3, 0.4) is 0 Å². The number of nitrogens with zero attached hydrogens (tertiary/aromatic N) is 3. The van der Waals surface area contributed by atoms with E-state index in [9.17, 15) is 9.36 Å². The maximum atomic E-state index is 12.5. The zero-order valence-electron chi connectivity index (χ0n) is 15.4. The van der Waals surface area contributed by atoms with Crippen LogP contribution in [0.4, 0.5) is 10.6 Å². The van der Waals surface area contributed by atoms with Crippen LogP contribution in [0.1, 0.15) is 19.6 Å². The molecule has 13 heteroatoms. The molecule has 4 atom stereocenters. The number of ether oxygens (including phenoxy) is 3. The quantitative estimate of drug-likeness (QED) is 0.563. The zero-order chi connectivity index (χ0) is 20.2. The van der Waals surface area contributed by atoms with E-state index in [-0.39, 0.29) is 19.8 Å². The van der Waals surface area contributed by atoms with Gasteiger partial charge in [-0.1, -0.05) is 0 Å². The van der Waals surface area contributed by atoms with Crippen molar-refractivity contribution in [2.24, 2.45) is 0 Å². The lowest BCUT2D eigenvalue weighted by molar-refractivity contribution is -0.0913. The minimum absolute atomic E-state index is 0.180. The van der Waals surface area contributed by atoms with Crippen molar-refractivity contribution in [2.75, 3.05) is 25.6 Å². The van der Waals surface area contributed by atoms with Crippen LogP contribution in [0.15, 0.2) is 18.6 Å². The Morgan fingerprint density at radius 1 is 1.38 bits per heavy atom. The number of hydrogen-bond donors (Lipinski definition) is 1. The Kier molecular flexibility index (Phi) is 4.30. The van der Waals surface area contributed by atoms with Crippen LogP contribution >= 0.6 is 7.82 Å². The third-order valence-electron chi connectivity index (χ3n) is 5.20. The molecule has 3 fully saturated rings. The molecule has 0 radical (unpaired) electrons. The van der Waals surface area contributed by atoms with Crippen LogP contribution in [0.5, 0.6) is 0 Å². The third-order valence-corrected chi connectivity index (χ3v) is 6.66. The van der Waals surface area contributed by atoms with E-state index in [2.05, 4.69) is 9.97 Å². The molecular weight excluding hydrogens is 407 g/mol. The molecule has 3 aliphatic rings. The molecule has 0 bridgehead atoms. The lowest BCUT2D eigenvalue weighted by Gasteiger charge is -2.26. The van der Waals surface area contributed by atoms with E-state index in [4.69, 9.17) is 33.5 Å². The number of aromatic nitrogens is 3. The highest BCUT2D eigenvalue weighted by molar-refractivity contribution is 7.48. The zero-order valence-corrected chi connectivity index (χ0v) is 16.3. The summed E-state index contributed by atoms with van der Waals surface area (Å²) >= 11 is 0. The van der Waals surface area contributed by atoms with Gasteiger partial charge >= 0.3 is 14.0 Å². The normalized spacial score (nSPS) is 33.4. The van der Waals surface area contributed by atoms with Gasteiger partial charge in [0.1, 0.15) is 23.9 Å². The average molecular weight is 426 g/mol. The molecule has 0 saturated carbocycles. The average Bonchev–Trinajstić information content (AvgIpc) is 3.31. The highest BCUT2D eigenvalue weighted by Crippen LogP contribution is 2.53. The van der Waals surface area contributed by atoms with E-state index >= 15 is 0 Å². The van der Waals surface area contributed by atoms with Crippen LogP contribution in [-0.2, 0) is 32.3 Å². The first kappa shape index (κ1) is 18.8. The molecule has 0 amide bonds. The summed E-state index contributed by atoms with van der Waals surface area (Å²) in [6, 6.07) is 1.75. The van der Waals surface area contributed by atoms with Gasteiger partial charge in [-0.05, 0) is 19.4 Å². The maximum Gasteiger partial charge on any atom is 0.509 e. The highest BCUT2D eigenvalue weighted by atomic mass is 31.2. The number of rotatable bonds is 4. The fourth-order valence-corrected chi connectivity index (χ4v) is 5.09. The lowest BCUT2D eigenvalue weighted by atomic mass is 9.96. The van der Waals surface area contributed by atoms with Gasteiger partial charge in [-0.2, -0.15) is 0 Å². The van der Waals surface area contributed by atoms with Crippen molar-refractivity contribution in [1.82, 2.24) is 14.5 Å². The Bertz CT molecular complexity index is 1000. The molecule has 2 aromatic rings. The second kappa shape index (κ2) is 6.64. The molecule has 12 nitrogen and oxygen atoms in total. The predicted octanol–water partition coefficient (Wildman–Crippen LogP) is 1.77. The minimum atomic E-state index is -3.67. The molecule has 0 unspecified atom stereocenters. The summed E-state index contributed by atoms with van der Waals surface area (Å²) in [7, 11) is -3.67. The Hall–Kier alpha value is -2.24. The molecule has 156 valence electrons. The van der Waals surface area contributed by atoms with E-state index in [1.54, 1.807) is 23.8 Å². The first-order valence-corrected chi connectivity index (χ1v) is 10.5. The van der Waals surface area contributed by atoms with E-state index in [0.29, 0.717) is 23.3 Å². The topological polar surface area (TPSA) is 146 Å². The SMILES string of the molecule is C[C@@]12OC(=O)O[C@@H]1[C@@H](COP1(=O)OCCCO1)O[C@H]2n1ccc2c(N)ncnc21. The summed E-state index contributed by atoms with van der Waals surface area (Å²) in [5, 5.41) is 0.634. The van der Waals surface area contributed by atoms with Gasteiger partial charge in [-0.15, -0.1) is 0 Å². The number of phosphoric ester groups is 1. The van der Waals surface area contributed by atoms with Gasteiger partial charge < -0.3 is 24.5 Å². The maximum absolute atomic E-state index is 12.5.